The molecule has 3 aliphatic rings. The van der Waals surface area contributed by atoms with Crippen molar-refractivity contribution in [2.24, 2.45) is 5.92 Å². The van der Waals surface area contributed by atoms with Gasteiger partial charge in [-0.1, -0.05) is 26.0 Å². The molecule has 0 N–H and O–H groups in total. The molecule has 0 amide bonds. The van der Waals surface area contributed by atoms with E-state index in [9.17, 15) is 0 Å². The fourth-order valence-electron chi connectivity index (χ4n) is 2.94. The van der Waals surface area contributed by atoms with Gasteiger partial charge in [0.05, 0.1) is 0 Å². The van der Waals surface area contributed by atoms with E-state index in [1.165, 1.54) is 35.2 Å². The van der Waals surface area contributed by atoms with Crippen LogP contribution in [0.15, 0.2) is 45.7 Å². The van der Waals surface area contributed by atoms with E-state index < -0.39 is 0 Å². The Labute approximate surface area is 162 Å². The molecule has 3 heteroatoms. The van der Waals surface area contributed by atoms with Crippen LogP contribution in [0, 0.1) is 5.92 Å². The molecule has 0 aromatic carbocycles. The van der Waals surface area contributed by atoms with Crippen LogP contribution >= 0.6 is 23.1 Å². The van der Waals surface area contributed by atoms with Crippen molar-refractivity contribution in [3.8, 4) is 0 Å². The molecule has 2 aliphatic carbocycles. The van der Waals surface area contributed by atoms with Gasteiger partial charge >= 0.3 is 41.3 Å². The van der Waals surface area contributed by atoms with Crippen LogP contribution < -0.4 is 9.75 Å². The van der Waals surface area contributed by atoms with Crippen molar-refractivity contribution >= 4 is 38.0 Å². The second kappa shape index (κ2) is 7.34. The Morgan fingerprint density at radius 3 is 2.74 bits per heavy atom. The molecule has 23 heavy (non-hydrogen) atoms. The molecule has 0 saturated heterocycles. The molecule has 0 fully saturated rings. The van der Waals surface area contributed by atoms with Crippen LogP contribution in [-0.4, -0.2) is 8.46 Å². The third-order valence-corrected chi connectivity index (χ3v) is 5.85. The normalized spacial score (nSPS) is 21.0. The van der Waals surface area contributed by atoms with Gasteiger partial charge in [-0.15, -0.1) is 27.9 Å². The van der Waals surface area contributed by atoms with Crippen molar-refractivity contribution in [2.75, 3.05) is 0 Å². The summed E-state index contributed by atoms with van der Waals surface area (Å²) in [5, 5.41) is 6.39. The molecular formula is C20H21S2Zr-. The van der Waals surface area contributed by atoms with Gasteiger partial charge in [-0.05, 0) is 45.1 Å². The molecule has 0 spiro atoms. The van der Waals surface area contributed by atoms with E-state index in [2.05, 4.69) is 62.8 Å². The van der Waals surface area contributed by atoms with Crippen LogP contribution in [0.3, 0.4) is 0 Å². The van der Waals surface area contributed by atoms with Gasteiger partial charge in [0.25, 0.3) is 0 Å². The number of allylic oxidation sites excluding steroid dienone is 5. The van der Waals surface area contributed by atoms with E-state index in [0.717, 1.165) is 6.42 Å². The summed E-state index contributed by atoms with van der Waals surface area (Å²) in [4.78, 5) is 0. The van der Waals surface area contributed by atoms with Crippen LogP contribution in [0.5, 0.6) is 0 Å². The Morgan fingerprint density at radius 1 is 1.35 bits per heavy atom. The van der Waals surface area contributed by atoms with Gasteiger partial charge in [-0.3, -0.25) is 0 Å². The maximum absolute atomic E-state index is 3.61. The van der Waals surface area contributed by atoms with E-state index in [4.69, 9.17) is 0 Å². The third kappa shape index (κ3) is 3.73. The first-order chi connectivity index (χ1) is 11.0. The van der Waals surface area contributed by atoms with E-state index >= 15 is 0 Å². The van der Waals surface area contributed by atoms with Crippen molar-refractivity contribution in [2.45, 2.75) is 39.4 Å². The molecule has 1 aromatic heterocycles. The van der Waals surface area contributed by atoms with Crippen molar-refractivity contribution in [3.05, 3.63) is 55.5 Å². The zero-order valence-electron chi connectivity index (χ0n) is 14.1. The van der Waals surface area contributed by atoms with Crippen molar-refractivity contribution in [1.29, 1.82) is 0 Å². The molecule has 0 radical (unpaired) electrons. The predicted molar refractivity (Wildman–Crippen MR) is 102 cm³/mol. The number of fused-ring (bicyclic) bond motifs is 2. The number of rotatable bonds is 2. The number of hydrogen-bond donors (Lipinski definition) is 0. The first kappa shape index (κ1) is 17.6. The summed E-state index contributed by atoms with van der Waals surface area (Å²) < 4.78 is 2.85. The van der Waals surface area contributed by atoms with Gasteiger partial charge in [-0.25, -0.2) is 6.08 Å². The molecule has 1 aromatic rings. The van der Waals surface area contributed by atoms with Crippen LogP contribution in [0.25, 0.3) is 11.6 Å². The molecule has 1 atom stereocenters. The van der Waals surface area contributed by atoms with E-state index in [1.807, 2.05) is 23.1 Å². The molecule has 0 bridgehead atoms. The van der Waals surface area contributed by atoms with E-state index in [1.54, 1.807) is 24.2 Å². The van der Waals surface area contributed by atoms with Gasteiger partial charge < -0.3 is 0 Å². The second-order valence-corrected chi connectivity index (χ2v) is 10.9. The number of thiophene rings is 1. The average Bonchev–Trinajstić information content (AvgIpc) is 3.18. The quantitative estimate of drug-likeness (QED) is 0.650. The predicted octanol–water partition coefficient (Wildman–Crippen LogP) is 4.23. The number of thioether (sulfide) groups is 1. The van der Waals surface area contributed by atoms with Crippen LogP contribution in [0.4, 0.5) is 0 Å². The Balaban J connectivity index is 0.000000354. The third-order valence-electron chi connectivity index (χ3n) is 4.00. The van der Waals surface area contributed by atoms with Crippen molar-refractivity contribution in [1.82, 2.24) is 0 Å². The van der Waals surface area contributed by atoms with Gasteiger partial charge in [0.2, 0.25) is 0 Å². The number of hydrogen-bond acceptors (Lipinski definition) is 2. The molecule has 118 valence electrons. The fourth-order valence-corrected chi connectivity index (χ4v) is 4.97. The Bertz CT molecular complexity index is 842. The fraction of sp³-hybridized carbons (Fsp3) is 0.350. The summed E-state index contributed by atoms with van der Waals surface area (Å²) in [6, 6.07) is 2.26. The summed E-state index contributed by atoms with van der Waals surface area (Å²) in [5.41, 5.74) is 5.95. The summed E-state index contributed by atoms with van der Waals surface area (Å²) in [6.07, 6.45) is 9.49. The summed E-state index contributed by atoms with van der Waals surface area (Å²) >= 11 is 5.28. The zero-order chi connectivity index (χ0) is 16.6. The van der Waals surface area contributed by atoms with Crippen LogP contribution in [0.1, 0.15) is 34.1 Å². The van der Waals surface area contributed by atoms with Gasteiger partial charge in [0.1, 0.15) is 0 Å². The first-order valence-electron chi connectivity index (χ1n) is 7.97. The summed E-state index contributed by atoms with van der Waals surface area (Å²) in [7, 11) is 0. The molecule has 1 aliphatic heterocycles. The van der Waals surface area contributed by atoms with Crippen molar-refractivity contribution in [3.63, 3.8) is 0 Å². The van der Waals surface area contributed by atoms with Gasteiger partial charge in [-0.2, -0.15) is 16.6 Å². The molecule has 2 heterocycles. The van der Waals surface area contributed by atoms with Crippen LogP contribution in [0.2, 0.25) is 0 Å². The van der Waals surface area contributed by atoms with Crippen molar-refractivity contribution < 1.29 is 24.2 Å². The van der Waals surface area contributed by atoms with Gasteiger partial charge in [0.15, 0.2) is 0 Å². The maximum atomic E-state index is 3.61. The van der Waals surface area contributed by atoms with Gasteiger partial charge in [0, 0.05) is 0 Å². The SMILES string of the molecule is CC(C)C1=CCC(C2=CSC3[C-]=c4sccc4=C23)=C1.C[C](C)=[Zr]. The second-order valence-electron chi connectivity index (χ2n) is 6.50. The summed E-state index contributed by atoms with van der Waals surface area (Å²) in [6.45, 7) is 8.79. The average molecular weight is 417 g/mol. The topological polar surface area (TPSA) is 0 Å². The Morgan fingerprint density at radius 2 is 2.09 bits per heavy atom. The molecule has 0 saturated carbocycles. The van der Waals surface area contributed by atoms with E-state index in [-0.39, 0.29) is 0 Å². The summed E-state index contributed by atoms with van der Waals surface area (Å²) in [5.74, 6) is 0.631. The minimum absolute atomic E-state index is 0.446. The zero-order valence-corrected chi connectivity index (χ0v) is 18.2. The van der Waals surface area contributed by atoms with Crippen LogP contribution in [-0.2, 0) is 24.2 Å². The first-order valence-corrected chi connectivity index (χ1v) is 11.0. The molecule has 1 unspecified atom stereocenters. The molecule has 0 nitrogen and oxygen atoms in total. The molecular weight excluding hydrogens is 396 g/mol. The molecule has 4 rings (SSSR count). The minimum atomic E-state index is 0.446. The Hall–Kier alpha value is -0.237. The Kier molecular flexibility index (Phi) is 5.61. The monoisotopic (exact) mass is 415 g/mol. The van der Waals surface area contributed by atoms with E-state index in [0.29, 0.717) is 11.2 Å². The standard InChI is InChI=1S/C17H15S2.C3H6.Zr/c1-10(2)11-3-4-12(7-11)14-9-19-16-8-15-13(17(14)16)5-6-18-15;1-3-2;/h3,5-7,9-10,16H,4H2,1-2H3;1-2H3;/q-1;;.